The molecule has 0 atom stereocenters. The normalized spacial score (nSPS) is 18.8. The Bertz CT molecular complexity index is 103. The molecule has 0 saturated heterocycles. The molecule has 12 heavy (non-hydrogen) atoms. The molecule has 72 valence electrons. The van der Waals surface area contributed by atoms with Gasteiger partial charge in [-0.25, -0.2) is 0 Å². The van der Waals surface area contributed by atoms with Gasteiger partial charge in [0.15, 0.2) is 0 Å². The van der Waals surface area contributed by atoms with Gasteiger partial charge in [0.05, 0.1) is 6.61 Å². The third-order valence-corrected chi connectivity index (χ3v) is 2.38. The van der Waals surface area contributed by atoms with E-state index in [0.29, 0.717) is 6.54 Å². The van der Waals surface area contributed by atoms with Crippen molar-refractivity contribution in [3.05, 3.63) is 0 Å². The molecule has 1 aliphatic carbocycles. The van der Waals surface area contributed by atoms with Crippen molar-refractivity contribution in [3.8, 4) is 0 Å². The second kappa shape index (κ2) is 6.40. The van der Waals surface area contributed by atoms with Gasteiger partial charge in [0.2, 0.25) is 0 Å². The molecule has 3 nitrogen and oxygen atoms in total. The second-order valence-corrected chi connectivity index (χ2v) is 3.41. The van der Waals surface area contributed by atoms with Crippen molar-refractivity contribution in [1.29, 1.82) is 0 Å². The van der Waals surface area contributed by atoms with Crippen molar-refractivity contribution >= 4 is 0 Å². The summed E-state index contributed by atoms with van der Waals surface area (Å²) in [5.41, 5.74) is 0. The number of nitrogens with one attached hydrogen (secondary N) is 2. The van der Waals surface area contributed by atoms with Gasteiger partial charge in [-0.3, -0.25) is 0 Å². The lowest BCUT2D eigenvalue weighted by atomic mass is 10.2. The van der Waals surface area contributed by atoms with Crippen molar-refractivity contribution in [1.82, 2.24) is 10.6 Å². The Morgan fingerprint density at radius 2 is 1.83 bits per heavy atom. The number of aliphatic hydroxyl groups excluding tert-OH is 1. The van der Waals surface area contributed by atoms with Crippen LogP contribution < -0.4 is 10.6 Å². The summed E-state index contributed by atoms with van der Waals surface area (Å²) < 4.78 is 0. The number of rotatable bonds is 6. The molecule has 0 heterocycles. The van der Waals surface area contributed by atoms with Crippen LogP contribution in [0.3, 0.4) is 0 Å². The van der Waals surface area contributed by atoms with Gasteiger partial charge in [-0.05, 0) is 12.8 Å². The fourth-order valence-electron chi connectivity index (χ4n) is 1.70. The zero-order valence-electron chi connectivity index (χ0n) is 7.68. The maximum Gasteiger partial charge on any atom is 0.0555 e. The fourth-order valence-corrected chi connectivity index (χ4v) is 1.70. The van der Waals surface area contributed by atoms with E-state index in [0.717, 1.165) is 19.1 Å². The second-order valence-electron chi connectivity index (χ2n) is 3.41. The van der Waals surface area contributed by atoms with Crippen LogP contribution in [0, 0.1) is 0 Å². The van der Waals surface area contributed by atoms with Crippen LogP contribution >= 0.6 is 0 Å². The number of aliphatic hydroxyl groups is 1. The van der Waals surface area contributed by atoms with E-state index >= 15 is 0 Å². The molecule has 0 unspecified atom stereocenters. The van der Waals surface area contributed by atoms with Gasteiger partial charge in [0.1, 0.15) is 0 Å². The zero-order valence-corrected chi connectivity index (χ0v) is 7.68. The van der Waals surface area contributed by atoms with Crippen LogP contribution in [-0.2, 0) is 0 Å². The predicted octanol–water partition coefficient (Wildman–Crippen LogP) is 0.100. The highest BCUT2D eigenvalue weighted by molar-refractivity contribution is 4.73. The van der Waals surface area contributed by atoms with Crippen LogP contribution in [-0.4, -0.2) is 37.4 Å². The van der Waals surface area contributed by atoms with Gasteiger partial charge < -0.3 is 15.7 Å². The zero-order chi connectivity index (χ0) is 8.65. The third-order valence-electron chi connectivity index (χ3n) is 2.38. The quantitative estimate of drug-likeness (QED) is 0.498. The third kappa shape index (κ3) is 4.04. The highest BCUT2D eigenvalue weighted by Gasteiger charge is 2.12. The summed E-state index contributed by atoms with van der Waals surface area (Å²) in [5, 5.41) is 15.1. The van der Waals surface area contributed by atoms with Crippen LogP contribution in [0.1, 0.15) is 25.7 Å². The monoisotopic (exact) mass is 172 g/mol. The van der Waals surface area contributed by atoms with Crippen LogP contribution in [0.15, 0.2) is 0 Å². The molecule has 1 rings (SSSR count). The first kappa shape index (κ1) is 9.96. The molecule has 0 aromatic heterocycles. The Morgan fingerprint density at radius 3 is 2.50 bits per heavy atom. The highest BCUT2D eigenvalue weighted by atomic mass is 16.3. The van der Waals surface area contributed by atoms with E-state index in [-0.39, 0.29) is 6.61 Å². The molecule has 1 saturated carbocycles. The molecular weight excluding hydrogens is 152 g/mol. The van der Waals surface area contributed by atoms with Crippen molar-refractivity contribution < 1.29 is 5.11 Å². The van der Waals surface area contributed by atoms with Crippen molar-refractivity contribution in [2.75, 3.05) is 26.2 Å². The largest absolute Gasteiger partial charge is 0.395 e. The summed E-state index contributed by atoms with van der Waals surface area (Å²) in [5.74, 6) is 0. The van der Waals surface area contributed by atoms with Gasteiger partial charge in [0.25, 0.3) is 0 Å². The van der Waals surface area contributed by atoms with Gasteiger partial charge in [-0.1, -0.05) is 12.8 Å². The van der Waals surface area contributed by atoms with E-state index in [1.54, 1.807) is 0 Å². The van der Waals surface area contributed by atoms with Gasteiger partial charge >= 0.3 is 0 Å². The first-order valence-corrected chi connectivity index (χ1v) is 4.98. The van der Waals surface area contributed by atoms with Gasteiger partial charge in [-0.2, -0.15) is 0 Å². The van der Waals surface area contributed by atoms with Crippen LogP contribution in [0.2, 0.25) is 0 Å². The van der Waals surface area contributed by atoms with E-state index < -0.39 is 0 Å². The van der Waals surface area contributed by atoms with E-state index in [1.165, 1.54) is 25.7 Å². The minimum atomic E-state index is 0.240. The molecule has 3 N–H and O–H groups in total. The van der Waals surface area contributed by atoms with Crippen LogP contribution in [0.4, 0.5) is 0 Å². The molecule has 3 heteroatoms. The van der Waals surface area contributed by atoms with E-state index in [9.17, 15) is 0 Å². The predicted molar refractivity (Wildman–Crippen MR) is 50.2 cm³/mol. The lowest BCUT2D eigenvalue weighted by molar-refractivity contribution is 0.292. The Morgan fingerprint density at radius 1 is 1.08 bits per heavy atom. The Kier molecular flexibility index (Phi) is 5.32. The molecule has 0 aliphatic heterocycles. The summed E-state index contributed by atoms with van der Waals surface area (Å²) in [4.78, 5) is 0. The van der Waals surface area contributed by atoms with E-state index in [4.69, 9.17) is 5.11 Å². The molecule has 0 bridgehead atoms. The molecular formula is C9H20N2O. The van der Waals surface area contributed by atoms with Crippen molar-refractivity contribution in [2.45, 2.75) is 31.7 Å². The number of hydrogen-bond acceptors (Lipinski definition) is 3. The molecule has 0 spiro atoms. The lowest BCUT2D eigenvalue weighted by Crippen LogP contribution is -2.34. The Balaban J connectivity index is 1.81. The smallest absolute Gasteiger partial charge is 0.0555 e. The molecule has 1 fully saturated rings. The topological polar surface area (TPSA) is 44.3 Å². The summed E-state index contributed by atoms with van der Waals surface area (Å²) in [6.45, 7) is 2.96. The van der Waals surface area contributed by atoms with Crippen molar-refractivity contribution in [3.63, 3.8) is 0 Å². The summed E-state index contributed by atoms with van der Waals surface area (Å²) >= 11 is 0. The highest BCUT2D eigenvalue weighted by Crippen LogP contribution is 2.16. The lowest BCUT2D eigenvalue weighted by Gasteiger charge is -2.11. The first-order valence-electron chi connectivity index (χ1n) is 4.98. The fraction of sp³-hybridized carbons (Fsp3) is 1.00. The van der Waals surface area contributed by atoms with Crippen molar-refractivity contribution in [2.24, 2.45) is 0 Å². The molecule has 0 aromatic rings. The molecule has 0 aromatic carbocycles. The minimum Gasteiger partial charge on any atom is -0.395 e. The first-order chi connectivity index (χ1) is 5.93. The summed E-state index contributed by atoms with van der Waals surface area (Å²) in [7, 11) is 0. The maximum absolute atomic E-state index is 8.49. The molecule has 0 radical (unpaired) electrons. The summed E-state index contributed by atoms with van der Waals surface area (Å²) in [6, 6.07) is 0.765. The number of hydrogen-bond donors (Lipinski definition) is 3. The minimum absolute atomic E-state index is 0.240. The average Bonchev–Trinajstić information content (AvgIpc) is 2.57. The molecule has 0 amide bonds. The van der Waals surface area contributed by atoms with E-state index in [2.05, 4.69) is 10.6 Å². The standard InChI is InChI=1S/C9H20N2O/c12-8-7-10-5-6-11-9-3-1-2-4-9/h9-12H,1-8H2. The molecule has 1 aliphatic rings. The summed E-state index contributed by atoms with van der Waals surface area (Å²) in [6.07, 6.45) is 5.48. The van der Waals surface area contributed by atoms with Gasteiger partial charge in [-0.15, -0.1) is 0 Å². The Hall–Kier alpha value is -0.120. The van der Waals surface area contributed by atoms with Crippen LogP contribution in [0.5, 0.6) is 0 Å². The maximum atomic E-state index is 8.49. The average molecular weight is 172 g/mol. The SMILES string of the molecule is OCCNCCNC1CCCC1. The Labute approximate surface area is 74.5 Å². The van der Waals surface area contributed by atoms with Gasteiger partial charge in [0, 0.05) is 25.7 Å². The van der Waals surface area contributed by atoms with Crippen LogP contribution in [0.25, 0.3) is 0 Å². The van der Waals surface area contributed by atoms with E-state index in [1.807, 2.05) is 0 Å².